The average Bonchev–Trinajstić information content (AvgIpc) is 2.67. The third-order valence-corrected chi connectivity index (χ3v) is 3.51. The summed E-state index contributed by atoms with van der Waals surface area (Å²) in [5.41, 5.74) is 5.55. The zero-order chi connectivity index (χ0) is 13.3. The Hall–Kier alpha value is -2.02. The smallest absolute Gasteiger partial charge is 0.258 e. The molecule has 0 aliphatic carbocycles. The molecular formula is C11H12N2O4S. The van der Waals surface area contributed by atoms with Crippen molar-refractivity contribution in [3.05, 3.63) is 30.5 Å². The molecule has 0 saturated heterocycles. The maximum atomic E-state index is 11.5. The first-order valence-electron chi connectivity index (χ1n) is 5.11. The summed E-state index contributed by atoms with van der Waals surface area (Å²) in [4.78, 5) is 16.0. The van der Waals surface area contributed by atoms with Crippen LogP contribution in [-0.2, 0) is 14.6 Å². The standard InChI is InChI=1S/C11H12N2O4S/c1-18(15,16)9-3-2-8-4-5-13(10(8)6-9)17-7-11(12)14/h2-6H,7H2,1H3,(H2,12,14). The fraction of sp³-hybridized carbons (Fsp3) is 0.182. The van der Waals surface area contributed by atoms with Crippen molar-refractivity contribution in [2.45, 2.75) is 4.90 Å². The van der Waals surface area contributed by atoms with Gasteiger partial charge in [-0.3, -0.25) is 4.79 Å². The first-order valence-corrected chi connectivity index (χ1v) is 7.00. The van der Waals surface area contributed by atoms with Crippen LogP contribution in [0.25, 0.3) is 10.9 Å². The van der Waals surface area contributed by atoms with Crippen molar-refractivity contribution in [3.63, 3.8) is 0 Å². The van der Waals surface area contributed by atoms with E-state index in [2.05, 4.69) is 0 Å². The van der Waals surface area contributed by atoms with Crippen LogP contribution < -0.4 is 10.6 Å². The van der Waals surface area contributed by atoms with E-state index < -0.39 is 15.7 Å². The van der Waals surface area contributed by atoms with Gasteiger partial charge in [0, 0.05) is 17.8 Å². The van der Waals surface area contributed by atoms with E-state index >= 15 is 0 Å². The molecule has 2 N–H and O–H groups in total. The zero-order valence-electron chi connectivity index (χ0n) is 9.66. The van der Waals surface area contributed by atoms with E-state index in [9.17, 15) is 13.2 Å². The van der Waals surface area contributed by atoms with Crippen molar-refractivity contribution in [1.29, 1.82) is 0 Å². The minimum atomic E-state index is -3.28. The van der Waals surface area contributed by atoms with Gasteiger partial charge in [-0.25, -0.2) is 8.42 Å². The Balaban J connectivity index is 2.47. The summed E-state index contributed by atoms with van der Waals surface area (Å²) in [6.45, 7) is -0.271. The quantitative estimate of drug-likeness (QED) is 0.842. The Morgan fingerprint density at radius 2 is 2.11 bits per heavy atom. The van der Waals surface area contributed by atoms with E-state index in [0.717, 1.165) is 11.6 Å². The molecule has 0 fully saturated rings. The summed E-state index contributed by atoms with van der Waals surface area (Å²) < 4.78 is 24.2. The highest BCUT2D eigenvalue weighted by molar-refractivity contribution is 7.90. The van der Waals surface area contributed by atoms with Crippen LogP contribution in [-0.4, -0.2) is 31.9 Å². The maximum absolute atomic E-state index is 11.5. The lowest BCUT2D eigenvalue weighted by Crippen LogP contribution is -2.25. The van der Waals surface area contributed by atoms with Crippen LogP contribution in [0.3, 0.4) is 0 Å². The number of hydrogen-bond acceptors (Lipinski definition) is 4. The van der Waals surface area contributed by atoms with E-state index in [-0.39, 0.29) is 11.5 Å². The van der Waals surface area contributed by atoms with Crippen LogP contribution in [0.4, 0.5) is 0 Å². The molecule has 0 bridgehead atoms. The lowest BCUT2D eigenvalue weighted by atomic mass is 10.2. The molecule has 0 aliphatic heterocycles. The van der Waals surface area contributed by atoms with Crippen LogP contribution in [0.2, 0.25) is 0 Å². The first-order chi connectivity index (χ1) is 8.38. The predicted molar refractivity (Wildman–Crippen MR) is 65.7 cm³/mol. The van der Waals surface area contributed by atoms with Gasteiger partial charge in [-0.05, 0) is 18.2 Å². The number of fused-ring (bicyclic) bond motifs is 1. The third-order valence-electron chi connectivity index (χ3n) is 2.40. The summed E-state index contributed by atoms with van der Waals surface area (Å²) >= 11 is 0. The number of benzene rings is 1. The summed E-state index contributed by atoms with van der Waals surface area (Å²) in [5.74, 6) is -0.601. The lowest BCUT2D eigenvalue weighted by molar-refractivity contribution is -0.122. The first kappa shape index (κ1) is 12.4. The molecule has 0 atom stereocenters. The maximum Gasteiger partial charge on any atom is 0.258 e. The van der Waals surface area contributed by atoms with Crippen molar-refractivity contribution in [1.82, 2.24) is 4.73 Å². The minimum absolute atomic E-state index is 0.192. The number of carbonyl (C=O) groups excluding carboxylic acids is 1. The lowest BCUT2D eigenvalue weighted by Gasteiger charge is -2.06. The van der Waals surface area contributed by atoms with Crippen molar-refractivity contribution in [2.75, 3.05) is 12.9 Å². The molecule has 2 aromatic rings. The number of primary amides is 1. The Morgan fingerprint density at radius 1 is 1.39 bits per heavy atom. The SMILES string of the molecule is CS(=O)(=O)c1ccc2ccn(OCC(N)=O)c2c1. The van der Waals surface area contributed by atoms with E-state index in [1.807, 2.05) is 0 Å². The van der Waals surface area contributed by atoms with Gasteiger partial charge >= 0.3 is 0 Å². The van der Waals surface area contributed by atoms with E-state index in [1.165, 1.54) is 16.9 Å². The number of carbonyl (C=O) groups is 1. The Morgan fingerprint density at radius 3 is 2.72 bits per heavy atom. The van der Waals surface area contributed by atoms with Crippen molar-refractivity contribution >= 4 is 26.6 Å². The molecular weight excluding hydrogens is 256 g/mol. The van der Waals surface area contributed by atoms with Crippen LogP contribution in [0.15, 0.2) is 35.4 Å². The molecule has 2 rings (SSSR count). The van der Waals surface area contributed by atoms with Gasteiger partial charge in [0.15, 0.2) is 16.4 Å². The largest absolute Gasteiger partial charge is 0.404 e. The fourth-order valence-corrected chi connectivity index (χ4v) is 2.20. The Bertz CT molecular complexity index is 703. The fourth-order valence-electron chi connectivity index (χ4n) is 1.56. The van der Waals surface area contributed by atoms with Gasteiger partial charge in [0.25, 0.3) is 5.91 Å². The van der Waals surface area contributed by atoms with Crippen molar-refractivity contribution in [2.24, 2.45) is 5.73 Å². The second kappa shape index (κ2) is 4.34. The van der Waals surface area contributed by atoms with Gasteiger partial charge in [0.05, 0.1) is 10.4 Å². The molecule has 0 spiro atoms. The summed E-state index contributed by atoms with van der Waals surface area (Å²) in [5, 5.41) is 0.812. The molecule has 0 radical (unpaired) electrons. The second-order valence-corrected chi connectivity index (χ2v) is 5.89. The molecule has 18 heavy (non-hydrogen) atoms. The van der Waals surface area contributed by atoms with Crippen molar-refractivity contribution < 1.29 is 18.0 Å². The highest BCUT2D eigenvalue weighted by atomic mass is 32.2. The van der Waals surface area contributed by atoms with Gasteiger partial charge < -0.3 is 10.6 Å². The Kier molecular flexibility index (Phi) is 3.00. The number of nitrogens with two attached hydrogens (primary N) is 1. The van der Waals surface area contributed by atoms with Crippen LogP contribution in [0.5, 0.6) is 0 Å². The highest BCUT2D eigenvalue weighted by Gasteiger charge is 2.10. The van der Waals surface area contributed by atoms with Gasteiger partial charge in [0.1, 0.15) is 0 Å². The summed E-state index contributed by atoms with van der Waals surface area (Å²) in [6, 6.07) is 6.44. The van der Waals surface area contributed by atoms with Gasteiger partial charge in [0.2, 0.25) is 0 Å². The molecule has 96 valence electrons. The molecule has 1 heterocycles. The molecule has 0 saturated carbocycles. The molecule has 1 amide bonds. The van der Waals surface area contributed by atoms with Gasteiger partial charge in [-0.2, -0.15) is 4.73 Å². The molecule has 0 aliphatic rings. The van der Waals surface area contributed by atoms with Gasteiger partial charge in [-0.15, -0.1) is 0 Å². The summed E-state index contributed by atoms with van der Waals surface area (Å²) in [7, 11) is -3.28. The molecule has 1 aromatic heterocycles. The van der Waals surface area contributed by atoms with E-state index in [4.69, 9.17) is 10.6 Å². The second-order valence-electron chi connectivity index (χ2n) is 3.87. The Labute approximate surface area is 104 Å². The number of hydrogen-bond donors (Lipinski definition) is 1. The monoisotopic (exact) mass is 268 g/mol. The number of rotatable bonds is 4. The average molecular weight is 268 g/mol. The van der Waals surface area contributed by atoms with Crippen LogP contribution >= 0.6 is 0 Å². The minimum Gasteiger partial charge on any atom is -0.404 e. The highest BCUT2D eigenvalue weighted by Crippen LogP contribution is 2.19. The number of sulfone groups is 1. The molecule has 0 unspecified atom stereocenters. The predicted octanol–water partition coefficient (Wildman–Crippen LogP) is -0.0413. The zero-order valence-corrected chi connectivity index (χ0v) is 10.5. The van der Waals surface area contributed by atoms with Crippen LogP contribution in [0, 0.1) is 0 Å². The third kappa shape index (κ3) is 2.45. The summed E-state index contributed by atoms with van der Waals surface area (Å²) in [6.07, 6.45) is 2.73. The number of nitrogens with zero attached hydrogens (tertiary/aromatic N) is 1. The number of aromatic nitrogens is 1. The molecule has 7 heteroatoms. The normalized spacial score (nSPS) is 11.6. The van der Waals surface area contributed by atoms with E-state index in [0.29, 0.717) is 5.52 Å². The van der Waals surface area contributed by atoms with Gasteiger partial charge in [-0.1, -0.05) is 6.07 Å². The topological polar surface area (TPSA) is 91.4 Å². The van der Waals surface area contributed by atoms with Crippen LogP contribution in [0.1, 0.15) is 0 Å². The van der Waals surface area contributed by atoms with Crippen molar-refractivity contribution in [3.8, 4) is 0 Å². The number of amides is 1. The molecule has 6 nitrogen and oxygen atoms in total. The van der Waals surface area contributed by atoms with E-state index in [1.54, 1.807) is 18.3 Å². The molecule has 1 aromatic carbocycles.